The maximum Gasteiger partial charge on any atom is 0.357 e. The van der Waals surface area contributed by atoms with E-state index in [4.69, 9.17) is 16.3 Å². The van der Waals surface area contributed by atoms with Gasteiger partial charge in [-0.05, 0) is 61.4 Å². The summed E-state index contributed by atoms with van der Waals surface area (Å²) in [4.78, 5) is 32.6. The fourth-order valence-corrected chi connectivity index (χ4v) is 5.42. The van der Waals surface area contributed by atoms with Crippen LogP contribution >= 0.6 is 27.5 Å². The van der Waals surface area contributed by atoms with Gasteiger partial charge >= 0.3 is 5.97 Å². The average molecular weight is 592 g/mol. The van der Waals surface area contributed by atoms with Gasteiger partial charge in [-0.1, -0.05) is 27.5 Å². The van der Waals surface area contributed by atoms with Crippen LogP contribution in [0.1, 0.15) is 33.3 Å². The molecule has 38 heavy (non-hydrogen) atoms. The van der Waals surface area contributed by atoms with Crippen LogP contribution in [0.5, 0.6) is 0 Å². The topological polar surface area (TPSA) is 79.0 Å². The van der Waals surface area contributed by atoms with Crippen molar-refractivity contribution in [3.63, 3.8) is 0 Å². The first-order valence-electron chi connectivity index (χ1n) is 11.8. The Bertz CT molecular complexity index is 1920. The number of carbonyl (C=O) groups excluding carboxylic acids is 2. The summed E-state index contributed by atoms with van der Waals surface area (Å²) in [5, 5.41) is 4.47. The second-order valence-corrected chi connectivity index (χ2v) is 10.5. The Hall–Kier alpha value is -3.75. The van der Waals surface area contributed by atoms with Crippen molar-refractivity contribution >= 4 is 83.0 Å². The van der Waals surface area contributed by atoms with E-state index in [0.717, 1.165) is 59.2 Å². The van der Waals surface area contributed by atoms with Crippen molar-refractivity contribution in [2.75, 3.05) is 7.11 Å². The van der Waals surface area contributed by atoms with Gasteiger partial charge in [0, 0.05) is 63.6 Å². The zero-order chi connectivity index (χ0) is 27.3. The number of fused-ring (bicyclic) bond motifs is 6. The first-order chi connectivity index (χ1) is 18.1. The van der Waals surface area contributed by atoms with E-state index in [1.165, 1.54) is 7.11 Å². The number of ether oxygens (including phenoxy) is 1. The summed E-state index contributed by atoms with van der Waals surface area (Å²) in [7, 11) is 3.34. The van der Waals surface area contributed by atoms with Crippen LogP contribution in [0.15, 0.2) is 59.5 Å². The Labute approximate surface area is 232 Å². The number of nitrogens with zero attached hydrogens (tertiary/aromatic N) is 4. The minimum absolute atomic E-state index is 0.00412. The molecule has 0 N–H and O–H groups in total. The van der Waals surface area contributed by atoms with Crippen molar-refractivity contribution in [2.24, 2.45) is 7.05 Å². The average Bonchev–Trinajstić information content (AvgIpc) is 3.39. The Morgan fingerprint density at radius 1 is 0.947 bits per heavy atom. The van der Waals surface area contributed by atoms with Crippen molar-refractivity contribution in [2.45, 2.75) is 20.8 Å². The van der Waals surface area contributed by atoms with Crippen LogP contribution in [0.25, 0.3) is 43.6 Å². The van der Waals surface area contributed by atoms with Crippen LogP contribution in [0, 0.1) is 13.8 Å². The highest BCUT2D eigenvalue weighted by Gasteiger charge is 2.20. The number of benzene rings is 2. The van der Waals surface area contributed by atoms with Crippen LogP contribution in [-0.4, -0.2) is 38.1 Å². The zero-order valence-electron chi connectivity index (χ0n) is 21.5. The van der Waals surface area contributed by atoms with Gasteiger partial charge in [-0.2, -0.15) is 0 Å². The highest BCUT2D eigenvalue weighted by Crippen LogP contribution is 2.32. The molecule has 0 unspecified atom stereocenters. The van der Waals surface area contributed by atoms with Crippen LogP contribution in [0.4, 0.5) is 0 Å². The third kappa shape index (κ3) is 4.33. The first-order valence-corrected chi connectivity index (χ1v) is 13.0. The molecule has 6 rings (SSSR count). The van der Waals surface area contributed by atoms with E-state index in [-0.39, 0.29) is 5.91 Å². The summed E-state index contributed by atoms with van der Waals surface area (Å²) in [5.74, 6) is -0.415. The molecule has 0 amide bonds. The molecule has 4 heterocycles. The number of methoxy groups -OCH3 is 1. The monoisotopic (exact) mass is 590 g/mol. The maximum atomic E-state index is 12.0. The van der Waals surface area contributed by atoms with Crippen molar-refractivity contribution < 1.29 is 14.3 Å². The molecule has 0 bridgehead atoms. The molecule has 0 saturated heterocycles. The number of hydrogen-bond donors (Lipinski definition) is 0. The van der Waals surface area contributed by atoms with Crippen LogP contribution in [0.2, 0.25) is 5.02 Å². The second kappa shape index (κ2) is 9.85. The summed E-state index contributed by atoms with van der Waals surface area (Å²) in [6.45, 7) is 5.51. The zero-order valence-corrected chi connectivity index (χ0v) is 23.8. The molecule has 0 atom stereocenters. The lowest BCUT2D eigenvalue weighted by atomic mass is 10.1. The number of pyridine rings is 2. The van der Waals surface area contributed by atoms with E-state index >= 15 is 0 Å². The Kier molecular flexibility index (Phi) is 6.71. The smallest absolute Gasteiger partial charge is 0.357 e. The minimum atomic E-state index is -0.411. The van der Waals surface area contributed by atoms with Gasteiger partial charge in [-0.3, -0.25) is 14.3 Å². The van der Waals surface area contributed by atoms with E-state index in [0.29, 0.717) is 10.7 Å². The fourth-order valence-electron chi connectivity index (χ4n) is 4.90. The highest BCUT2D eigenvalue weighted by molar-refractivity contribution is 9.10. The normalized spacial score (nSPS) is 11.2. The molecule has 0 fully saturated rings. The minimum Gasteiger partial charge on any atom is -0.464 e. The van der Waals surface area contributed by atoms with Crippen molar-refractivity contribution in [1.29, 1.82) is 0 Å². The lowest BCUT2D eigenvalue weighted by Gasteiger charge is -2.07. The summed E-state index contributed by atoms with van der Waals surface area (Å²) >= 11 is 9.40. The predicted molar refractivity (Wildman–Crippen MR) is 155 cm³/mol. The lowest BCUT2D eigenvalue weighted by Crippen LogP contribution is -2.06. The molecule has 9 heteroatoms. The lowest BCUT2D eigenvalue weighted by molar-refractivity contribution is 0.0596. The fraction of sp³-hybridized carbons (Fsp3) is 0.172. The van der Waals surface area contributed by atoms with Crippen molar-refractivity contribution in [3.05, 3.63) is 81.3 Å². The third-order valence-corrected chi connectivity index (χ3v) is 7.29. The number of carbonyl (C=O) groups is 2. The molecule has 6 aromatic rings. The predicted octanol–water partition coefficient (Wildman–Crippen LogP) is 7.40. The molecule has 4 aromatic heterocycles. The number of halogens is 2. The largest absolute Gasteiger partial charge is 0.464 e. The quantitative estimate of drug-likeness (QED) is 0.186. The molecular formula is C29H24BrClN4O3. The molecule has 0 aliphatic carbocycles. The molecule has 2 aromatic carbocycles. The summed E-state index contributed by atoms with van der Waals surface area (Å²) in [6.07, 6.45) is 5.64. The molecule has 0 aliphatic heterocycles. The SMILES string of the molecule is CC(=O)n1cc(C)c2cnc3cc(Cl)ccc3c21.COC(=O)c1nc2cc(Br)ccc2c2c1c(C)cn2C. The van der Waals surface area contributed by atoms with Gasteiger partial charge in [0.05, 0.1) is 29.2 Å². The van der Waals surface area contributed by atoms with Crippen molar-refractivity contribution in [3.8, 4) is 0 Å². The van der Waals surface area contributed by atoms with E-state index in [1.807, 2.05) is 74.3 Å². The molecule has 192 valence electrons. The standard InChI is InChI=1S/C15H13BrN2O2.C14H11ClN2O/c1-8-7-18(2)14-10-5-4-9(16)6-11(10)17-13(12(8)14)15(19)20-3;1-8-7-17(9(2)18)14-11-4-3-10(15)5-13(11)16-6-12(8)14/h4-7H,1-3H3;3-7H,1-2H3. The third-order valence-electron chi connectivity index (χ3n) is 6.56. The number of aromatic nitrogens is 4. The van der Waals surface area contributed by atoms with Gasteiger partial charge < -0.3 is 9.30 Å². The van der Waals surface area contributed by atoms with Gasteiger partial charge in [0.2, 0.25) is 5.91 Å². The Morgan fingerprint density at radius 2 is 1.66 bits per heavy atom. The van der Waals surface area contributed by atoms with Gasteiger partial charge in [0.15, 0.2) is 5.69 Å². The van der Waals surface area contributed by atoms with Crippen LogP contribution in [-0.2, 0) is 11.8 Å². The second-order valence-electron chi connectivity index (χ2n) is 9.14. The summed E-state index contributed by atoms with van der Waals surface area (Å²) in [5.41, 5.74) is 5.90. The van der Waals surface area contributed by atoms with E-state index in [9.17, 15) is 9.59 Å². The number of aryl methyl sites for hydroxylation is 3. The highest BCUT2D eigenvalue weighted by atomic mass is 79.9. The molecule has 0 radical (unpaired) electrons. The van der Waals surface area contributed by atoms with E-state index in [2.05, 4.69) is 25.9 Å². The summed E-state index contributed by atoms with van der Waals surface area (Å²) in [6, 6.07) is 11.4. The Morgan fingerprint density at radius 3 is 2.37 bits per heavy atom. The van der Waals surface area contributed by atoms with Gasteiger partial charge in [-0.25, -0.2) is 9.78 Å². The van der Waals surface area contributed by atoms with Gasteiger partial charge in [0.25, 0.3) is 0 Å². The molecule has 0 aliphatic rings. The maximum absolute atomic E-state index is 12.0. The number of rotatable bonds is 1. The molecular weight excluding hydrogens is 568 g/mol. The van der Waals surface area contributed by atoms with E-state index < -0.39 is 5.97 Å². The molecule has 7 nitrogen and oxygen atoms in total. The summed E-state index contributed by atoms with van der Waals surface area (Å²) < 4.78 is 9.49. The van der Waals surface area contributed by atoms with Crippen molar-refractivity contribution in [1.82, 2.24) is 19.1 Å². The number of esters is 1. The van der Waals surface area contributed by atoms with E-state index in [1.54, 1.807) is 17.7 Å². The molecule has 0 saturated carbocycles. The molecule has 0 spiro atoms. The van der Waals surface area contributed by atoms with Gasteiger partial charge in [-0.15, -0.1) is 0 Å². The first kappa shape index (κ1) is 25.9. The Balaban J connectivity index is 0.000000156. The van der Waals surface area contributed by atoms with Gasteiger partial charge in [0.1, 0.15) is 0 Å². The van der Waals surface area contributed by atoms with Crippen LogP contribution < -0.4 is 0 Å². The van der Waals surface area contributed by atoms with Crippen LogP contribution in [0.3, 0.4) is 0 Å². The number of hydrogen-bond acceptors (Lipinski definition) is 5.